The van der Waals surface area contributed by atoms with Crippen LogP contribution in [0.25, 0.3) is 10.2 Å². The van der Waals surface area contributed by atoms with Crippen molar-refractivity contribution in [3.05, 3.63) is 47.5 Å². The van der Waals surface area contributed by atoms with E-state index in [4.69, 9.17) is 5.73 Å². The van der Waals surface area contributed by atoms with E-state index in [2.05, 4.69) is 9.71 Å². The second-order valence-electron chi connectivity index (χ2n) is 5.11. The van der Waals surface area contributed by atoms with Crippen molar-refractivity contribution in [1.82, 2.24) is 4.98 Å². The maximum absolute atomic E-state index is 12.5. The number of aromatic nitrogens is 1. The summed E-state index contributed by atoms with van der Waals surface area (Å²) in [6.45, 7) is 3.76. The number of sulfonamides is 1. The molecule has 1 aromatic heterocycles. The third-order valence-electron chi connectivity index (χ3n) is 3.33. The first-order chi connectivity index (χ1) is 10.3. The Morgan fingerprint density at radius 1 is 1.14 bits per heavy atom. The molecule has 1 heterocycles. The van der Waals surface area contributed by atoms with Crippen LogP contribution in [-0.2, 0) is 10.0 Å². The van der Waals surface area contributed by atoms with Gasteiger partial charge in [0.25, 0.3) is 10.0 Å². The molecule has 0 aliphatic carbocycles. The number of aryl methyl sites for hydroxylation is 2. The Labute approximate surface area is 132 Å². The highest BCUT2D eigenvalue weighted by atomic mass is 32.2. The summed E-state index contributed by atoms with van der Waals surface area (Å²) in [5, 5.41) is 0.466. The standard InChI is InChI=1S/C15H15N3O2S2/c1-9-3-5-11(6-4-9)22(19,20)18-12-8-13-14(7-10(12)2)21-15(16)17-13/h3-8,18H,1-2H3,(H2,16,17). The van der Waals surface area contributed by atoms with Crippen molar-refractivity contribution in [2.45, 2.75) is 18.7 Å². The molecule has 0 bridgehead atoms. The molecule has 0 fully saturated rings. The summed E-state index contributed by atoms with van der Waals surface area (Å²) in [6, 6.07) is 10.3. The molecular formula is C15H15N3O2S2. The number of rotatable bonds is 3. The molecule has 3 rings (SSSR count). The van der Waals surface area contributed by atoms with Crippen LogP contribution in [0.5, 0.6) is 0 Å². The van der Waals surface area contributed by atoms with Crippen molar-refractivity contribution < 1.29 is 8.42 Å². The van der Waals surface area contributed by atoms with Crippen LogP contribution in [-0.4, -0.2) is 13.4 Å². The summed E-state index contributed by atoms with van der Waals surface area (Å²) in [5.74, 6) is 0. The number of fused-ring (bicyclic) bond motifs is 1. The zero-order chi connectivity index (χ0) is 15.9. The maximum atomic E-state index is 12.5. The maximum Gasteiger partial charge on any atom is 0.261 e. The minimum atomic E-state index is -3.62. The zero-order valence-corrected chi connectivity index (χ0v) is 13.8. The fraction of sp³-hybridized carbons (Fsp3) is 0.133. The largest absolute Gasteiger partial charge is 0.375 e. The smallest absolute Gasteiger partial charge is 0.261 e. The molecule has 2 aromatic carbocycles. The highest BCUT2D eigenvalue weighted by molar-refractivity contribution is 7.92. The van der Waals surface area contributed by atoms with E-state index in [-0.39, 0.29) is 4.90 Å². The summed E-state index contributed by atoms with van der Waals surface area (Å²) in [5.41, 5.74) is 8.73. The molecule has 22 heavy (non-hydrogen) atoms. The van der Waals surface area contributed by atoms with E-state index in [1.807, 2.05) is 19.9 Å². The van der Waals surface area contributed by atoms with E-state index in [0.29, 0.717) is 16.3 Å². The molecule has 114 valence electrons. The predicted molar refractivity (Wildman–Crippen MR) is 90.8 cm³/mol. The molecule has 3 aromatic rings. The molecule has 0 saturated heterocycles. The molecule has 0 amide bonds. The average Bonchev–Trinajstić information content (AvgIpc) is 2.78. The third kappa shape index (κ3) is 2.77. The number of anilines is 2. The fourth-order valence-corrected chi connectivity index (χ4v) is 4.06. The van der Waals surface area contributed by atoms with Gasteiger partial charge < -0.3 is 5.73 Å². The Balaban J connectivity index is 2.01. The van der Waals surface area contributed by atoms with E-state index in [0.717, 1.165) is 15.8 Å². The summed E-state index contributed by atoms with van der Waals surface area (Å²) in [6.07, 6.45) is 0. The Morgan fingerprint density at radius 3 is 2.50 bits per heavy atom. The van der Waals surface area contributed by atoms with Gasteiger partial charge in [-0.1, -0.05) is 29.0 Å². The molecule has 3 N–H and O–H groups in total. The van der Waals surface area contributed by atoms with Gasteiger partial charge in [-0.3, -0.25) is 4.72 Å². The summed E-state index contributed by atoms with van der Waals surface area (Å²) in [4.78, 5) is 4.42. The minimum Gasteiger partial charge on any atom is -0.375 e. The van der Waals surface area contributed by atoms with Crippen molar-refractivity contribution in [2.75, 3.05) is 10.5 Å². The zero-order valence-electron chi connectivity index (χ0n) is 12.1. The van der Waals surface area contributed by atoms with Gasteiger partial charge in [-0.05, 0) is 43.7 Å². The van der Waals surface area contributed by atoms with E-state index in [9.17, 15) is 8.42 Å². The quantitative estimate of drug-likeness (QED) is 0.770. The number of nitrogens with two attached hydrogens (primary N) is 1. The van der Waals surface area contributed by atoms with E-state index in [1.54, 1.807) is 30.3 Å². The molecule has 0 spiro atoms. The molecule has 0 radical (unpaired) electrons. The van der Waals surface area contributed by atoms with Crippen molar-refractivity contribution in [3.63, 3.8) is 0 Å². The van der Waals surface area contributed by atoms with Crippen LogP contribution in [0.15, 0.2) is 41.3 Å². The molecule has 0 saturated carbocycles. The van der Waals surface area contributed by atoms with Gasteiger partial charge in [0.2, 0.25) is 0 Å². The second-order valence-corrected chi connectivity index (χ2v) is 7.85. The van der Waals surface area contributed by atoms with Gasteiger partial charge in [0, 0.05) is 0 Å². The van der Waals surface area contributed by atoms with Crippen LogP contribution in [0.3, 0.4) is 0 Å². The number of thiazole rings is 1. The van der Waals surface area contributed by atoms with Crippen molar-refractivity contribution in [1.29, 1.82) is 0 Å². The highest BCUT2D eigenvalue weighted by Crippen LogP contribution is 2.30. The van der Waals surface area contributed by atoms with Gasteiger partial charge >= 0.3 is 0 Å². The monoisotopic (exact) mass is 333 g/mol. The van der Waals surface area contributed by atoms with Gasteiger partial charge in [-0.2, -0.15) is 0 Å². The van der Waals surface area contributed by atoms with Crippen molar-refractivity contribution >= 4 is 42.4 Å². The molecule has 0 aliphatic heterocycles. The van der Waals surface area contributed by atoms with Gasteiger partial charge in [0.15, 0.2) is 5.13 Å². The average molecular weight is 333 g/mol. The first-order valence-corrected chi connectivity index (χ1v) is 8.91. The van der Waals surface area contributed by atoms with E-state index in [1.165, 1.54) is 11.3 Å². The molecule has 5 nitrogen and oxygen atoms in total. The molecule has 7 heteroatoms. The molecule has 0 unspecified atom stereocenters. The molecular weight excluding hydrogens is 318 g/mol. The summed E-state index contributed by atoms with van der Waals surface area (Å²) in [7, 11) is -3.62. The second kappa shape index (κ2) is 5.26. The Kier molecular flexibility index (Phi) is 3.54. The van der Waals surface area contributed by atoms with Gasteiger partial charge in [0.1, 0.15) is 0 Å². The van der Waals surface area contributed by atoms with Gasteiger partial charge in [0.05, 0.1) is 20.8 Å². The van der Waals surface area contributed by atoms with Crippen LogP contribution in [0.2, 0.25) is 0 Å². The summed E-state index contributed by atoms with van der Waals surface area (Å²) >= 11 is 1.38. The lowest BCUT2D eigenvalue weighted by Gasteiger charge is -2.11. The lowest BCUT2D eigenvalue weighted by atomic mass is 10.2. The number of hydrogen-bond donors (Lipinski definition) is 2. The Morgan fingerprint density at radius 2 is 1.82 bits per heavy atom. The van der Waals surface area contributed by atoms with Gasteiger partial charge in [-0.15, -0.1) is 0 Å². The predicted octanol–water partition coefficient (Wildman–Crippen LogP) is 3.30. The highest BCUT2D eigenvalue weighted by Gasteiger charge is 2.16. The van der Waals surface area contributed by atoms with Crippen molar-refractivity contribution in [2.24, 2.45) is 0 Å². The third-order valence-corrected chi connectivity index (χ3v) is 5.56. The first-order valence-electron chi connectivity index (χ1n) is 6.61. The van der Waals surface area contributed by atoms with Crippen LogP contribution in [0.1, 0.15) is 11.1 Å². The number of nitrogens with one attached hydrogen (secondary N) is 1. The van der Waals surface area contributed by atoms with Gasteiger partial charge in [-0.25, -0.2) is 13.4 Å². The number of hydrogen-bond acceptors (Lipinski definition) is 5. The Hall–Kier alpha value is -2.12. The number of nitrogen functional groups attached to an aromatic ring is 1. The van der Waals surface area contributed by atoms with E-state index < -0.39 is 10.0 Å². The van der Waals surface area contributed by atoms with Crippen LogP contribution < -0.4 is 10.5 Å². The number of benzene rings is 2. The van der Waals surface area contributed by atoms with Crippen molar-refractivity contribution in [3.8, 4) is 0 Å². The normalized spacial score (nSPS) is 11.7. The van der Waals surface area contributed by atoms with Crippen LogP contribution >= 0.6 is 11.3 Å². The fourth-order valence-electron chi connectivity index (χ4n) is 2.12. The van der Waals surface area contributed by atoms with Crippen LogP contribution in [0.4, 0.5) is 10.8 Å². The summed E-state index contributed by atoms with van der Waals surface area (Å²) < 4.78 is 28.5. The molecule has 0 atom stereocenters. The Bertz CT molecular complexity index is 945. The lowest BCUT2D eigenvalue weighted by molar-refractivity contribution is 0.601. The minimum absolute atomic E-state index is 0.232. The SMILES string of the molecule is Cc1ccc(S(=O)(=O)Nc2cc3nc(N)sc3cc2C)cc1. The van der Waals surface area contributed by atoms with Crippen LogP contribution in [0, 0.1) is 13.8 Å². The first kappa shape index (κ1) is 14.8. The lowest BCUT2D eigenvalue weighted by Crippen LogP contribution is -2.13. The topological polar surface area (TPSA) is 85.1 Å². The van der Waals surface area contributed by atoms with E-state index >= 15 is 0 Å². The molecule has 0 aliphatic rings. The number of nitrogens with zero attached hydrogens (tertiary/aromatic N) is 1.